The van der Waals surface area contributed by atoms with Gasteiger partial charge in [-0.05, 0) is 106 Å². The number of hydrogen-bond acceptors (Lipinski definition) is 10. The fourth-order valence-electron chi connectivity index (χ4n) is 5.60. The van der Waals surface area contributed by atoms with Crippen LogP contribution in [-0.4, -0.2) is 99.2 Å². The van der Waals surface area contributed by atoms with Gasteiger partial charge in [-0.15, -0.1) is 0 Å². The van der Waals surface area contributed by atoms with Crippen molar-refractivity contribution in [1.82, 2.24) is 24.7 Å². The number of alkyl halides is 3. The fourth-order valence-corrected chi connectivity index (χ4v) is 5.60. The molecule has 334 valence electrons. The maximum atomic E-state index is 13.3. The van der Waals surface area contributed by atoms with Gasteiger partial charge in [-0.3, -0.25) is 30.3 Å². The Labute approximate surface area is 349 Å². The van der Waals surface area contributed by atoms with Crippen LogP contribution in [-0.2, 0) is 32.1 Å². The summed E-state index contributed by atoms with van der Waals surface area (Å²) in [6.45, 7) is 17.5. The number of aliphatic imine (C=N–C) groups is 2. The Kier molecular flexibility index (Phi) is 17.8. The van der Waals surface area contributed by atoms with E-state index in [0.29, 0.717) is 62.6 Å². The number of amidine groups is 1. The molecule has 1 aliphatic rings. The monoisotopic (exact) mass is 850 g/mol. The minimum atomic E-state index is -5.13. The van der Waals surface area contributed by atoms with Crippen LogP contribution in [0.3, 0.4) is 0 Å². The molecule has 0 spiro atoms. The quantitative estimate of drug-likeness (QED) is 0.0850. The van der Waals surface area contributed by atoms with E-state index in [0.717, 1.165) is 25.7 Å². The van der Waals surface area contributed by atoms with Crippen molar-refractivity contribution in [2.45, 2.75) is 143 Å². The van der Waals surface area contributed by atoms with Crippen LogP contribution in [0, 0.1) is 0 Å². The number of nitrogens with one attached hydrogen (secondary N) is 2. The highest BCUT2D eigenvalue weighted by molar-refractivity contribution is 6.07. The lowest BCUT2D eigenvalue weighted by Gasteiger charge is -2.30. The van der Waals surface area contributed by atoms with Crippen LogP contribution in [0.5, 0.6) is 5.75 Å². The largest absolute Gasteiger partial charge is 0.492 e. The van der Waals surface area contributed by atoms with Crippen LogP contribution in [0.1, 0.15) is 113 Å². The summed E-state index contributed by atoms with van der Waals surface area (Å²) in [4.78, 5) is 63.1. The maximum Gasteiger partial charge on any atom is 0.473 e. The molecule has 2 N–H and O–H groups in total. The summed E-state index contributed by atoms with van der Waals surface area (Å²) in [7, 11) is 0. The van der Waals surface area contributed by atoms with Gasteiger partial charge in [-0.25, -0.2) is 14.4 Å². The Bertz CT molecular complexity index is 1850. The number of guanidine groups is 1. The number of halogens is 3. The molecule has 1 aliphatic heterocycles. The van der Waals surface area contributed by atoms with Crippen molar-refractivity contribution in [3.05, 3.63) is 47.8 Å². The second-order valence-corrected chi connectivity index (χ2v) is 17.1. The van der Waals surface area contributed by atoms with Gasteiger partial charge in [0.25, 0.3) is 0 Å². The minimum absolute atomic E-state index is 0.0708. The molecule has 60 heavy (non-hydrogen) atoms. The number of aromatic nitrogens is 2. The molecule has 4 amide bonds. The first-order valence-corrected chi connectivity index (χ1v) is 20.1. The highest BCUT2D eigenvalue weighted by Gasteiger charge is 2.39. The molecular formula is C41H61F3N8O8. The number of benzene rings is 1. The number of ether oxygens (including phenoxy) is 4. The van der Waals surface area contributed by atoms with Crippen molar-refractivity contribution in [3.8, 4) is 5.75 Å². The number of nitrogens with zero attached hydrogens (tertiary/aromatic N) is 6. The van der Waals surface area contributed by atoms with Crippen LogP contribution in [0.15, 0.2) is 51.6 Å². The summed E-state index contributed by atoms with van der Waals surface area (Å²) in [5.74, 6) is -1.30. The van der Waals surface area contributed by atoms with Gasteiger partial charge in [-0.2, -0.15) is 18.2 Å². The minimum Gasteiger partial charge on any atom is -0.492 e. The lowest BCUT2D eigenvalue weighted by Crippen LogP contribution is -2.47. The number of alkyl carbamates (subject to hydrolysis) is 2. The van der Waals surface area contributed by atoms with E-state index in [1.807, 2.05) is 0 Å². The number of hydrogen-bond donors (Lipinski definition) is 2. The van der Waals surface area contributed by atoms with Crippen LogP contribution in [0.4, 0.5) is 27.6 Å². The average molecular weight is 851 g/mol. The van der Waals surface area contributed by atoms with Gasteiger partial charge in [0.15, 0.2) is 0 Å². The zero-order valence-corrected chi connectivity index (χ0v) is 36.2. The molecule has 16 nitrogen and oxygen atoms in total. The van der Waals surface area contributed by atoms with Crippen LogP contribution >= 0.6 is 0 Å². The second kappa shape index (κ2) is 21.8. The molecule has 1 aromatic carbocycles. The van der Waals surface area contributed by atoms with E-state index in [1.54, 1.807) is 99.0 Å². The van der Waals surface area contributed by atoms with Crippen LogP contribution in [0.2, 0.25) is 0 Å². The number of amides is 4. The predicted molar refractivity (Wildman–Crippen MR) is 219 cm³/mol. The molecule has 2 aromatic rings. The molecule has 0 bridgehead atoms. The second-order valence-electron chi connectivity index (χ2n) is 17.1. The first kappa shape index (κ1) is 49.0. The molecule has 3 rings (SSSR count). The zero-order chi connectivity index (χ0) is 44.7. The number of carbonyl (C=O) groups excluding carboxylic acids is 4. The Hall–Kier alpha value is -5.36. The van der Waals surface area contributed by atoms with E-state index in [-0.39, 0.29) is 24.7 Å². The van der Waals surface area contributed by atoms with Gasteiger partial charge in [0.05, 0.1) is 6.54 Å². The maximum absolute atomic E-state index is 13.3. The molecule has 0 saturated carbocycles. The Morgan fingerprint density at radius 3 is 1.82 bits per heavy atom. The molecule has 0 saturated heterocycles. The third-order valence-electron chi connectivity index (χ3n) is 8.08. The number of rotatable bonds is 14. The zero-order valence-electron chi connectivity index (χ0n) is 36.2. The molecule has 2 heterocycles. The molecule has 19 heteroatoms. The van der Waals surface area contributed by atoms with Gasteiger partial charge in [0.2, 0.25) is 11.6 Å². The van der Waals surface area contributed by atoms with E-state index in [2.05, 4.69) is 25.6 Å². The van der Waals surface area contributed by atoms with Crippen molar-refractivity contribution < 1.29 is 51.3 Å². The van der Waals surface area contributed by atoms with Crippen molar-refractivity contribution >= 4 is 36.0 Å². The SMILES string of the molecule is CC(C)(C)OC(=O)NC(=NCCCCCCCCn1ccn(CCOc2ccc(C3=NCCCN3C(=O)OC(C)(C)C)cc2)c1=NC(=O)C(F)(F)F)NC(=O)OC(C)(C)C. The van der Waals surface area contributed by atoms with Gasteiger partial charge < -0.3 is 28.1 Å². The summed E-state index contributed by atoms with van der Waals surface area (Å²) in [5, 5.41) is 4.90. The molecular weight excluding hydrogens is 789 g/mol. The Balaban J connectivity index is 1.53. The molecule has 0 atom stereocenters. The number of carbonyl (C=O) groups is 4. The Morgan fingerprint density at radius 1 is 0.733 bits per heavy atom. The van der Waals surface area contributed by atoms with Crippen molar-refractivity contribution in [2.75, 3.05) is 26.2 Å². The lowest BCUT2D eigenvalue weighted by molar-refractivity contribution is -0.169. The van der Waals surface area contributed by atoms with Crippen LogP contribution < -0.4 is 21.0 Å². The summed E-state index contributed by atoms with van der Waals surface area (Å²) in [5.41, 5.74) is -1.61. The molecule has 0 radical (unpaired) electrons. The highest BCUT2D eigenvalue weighted by atomic mass is 19.4. The van der Waals surface area contributed by atoms with Crippen molar-refractivity contribution in [1.29, 1.82) is 0 Å². The van der Waals surface area contributed by atoms with Crippen LogP contribution in [0.25, 0.3) is 0 Å². The standard InChI is InChI=1S/C41H61F3N8O8/c1-38(2,3)58-35(54)48-33(49-36(55)59-39(4,5)6)46-21-14-12-10-11-13-15-23-50-25-26-51(34(50)47-32(53)41(42,43)44)27-28-57-30-19-17-29(18-20-30)31-45-22-16-24-52(31)37(56)60-40(7,8)9/h17-20,25-26H,10-16,21-24,27-28H2,1-9H3,(H2,46,48,49,54,55). The van der Waals surface area contributed by atoms with Gasteiger partial charge in [0.1, 0.15) is 35.0 Å². The molecule has 0 unspecified atom stereocenters. The fraction of sp³-hybridized carbons (Fsp3) is 0.634. The third-order valence-corrected chi connectivity index (χ3v) is 8.08. The van der Waals surface area contributed by atoms with E-state index >= 15 is 0 Å². The van der Waals surface area contributed by atoms with E-state index < -0.39 is 47.2 Å². The van der Waals surface area contributed by atoms with Crippen molar-refractivity contribution in [3.63, 3.8) is 0 Å². The van der Waals surface area contributed by atoms with E-state index in [9.17, 15) is 32.3 Å². The van der Waals surface area contributed by atoms with Gasteiger partial charge in [0, 0.05) is 44.1 Å². The smallest absolute Gasteiger partial charge is 0.473 e. The summed E-state index contributed by atoms with van der Waals surface area (Å²) in [6, 6.07) is 6.97. The summed E-state index contributed by atoms with van der Waals surface area (Å²) >= 11 is 0. The molecule has 0 fully saturated rings. The van der Waals surface area contributed by atoms with Crippen molar-refractivity contribution in [2.24, 2.45) is 15.0 Å². The third kappa shape index (κ3) is 18.3. The first-order valence-electron chi connectivity index (χ1n) is 20.1. The van der Waals surface area contributed by atoms with Gasteiger partial charge in [-0.1, -0.05) is 25.7 Å². The van der Waals surface area contributed by atoms with E-state index in [4.69, 9.17) is 18.9 Å². The predicted octanol–water partition coefficient (Wildman–Crippen LogP) is 7.49. The first-order chi connectivity index (χ1) is 27.9. The number of unbranched alkanes of at least 4 members (excludes halogenated alkanes) is 5. The lowest BCUT2D eigenvalue weighted by atomic mass is 10.1. The molecule has 0 aliphatic carbocycles. The topological polar surface area (TPSA) is 179 Å². The summed E-state index contributed by atoms with van der Waals surface area (Å²) < 4.78 is 64.7. The number of aryl methyl sites for hydroxylation is 1. The summed E-state index contributed by atoms with van der Waals surface area (Å²) in [6.07, 6.45) is 1.21. The number of imidazole rings is 1. The normalized spacial score (nSPS) is 13.9. The Morgan fingerprint density at radius 2 is 1.27 bits per heavy atom. The van der Waals surface area contributed by atoms with E-state index in [1.165, 1.54) is 14.0 Å². The van der Waals surface area contributed by atoms with Gasteiger partial charge >= 0.3 is 30.4 Å². The molecule has 1 aromatic heterocycles. The average Bonchev–Trinajstić information content (AvgIpc) is 3.48. The highest BCUT2D eigenvalue weighted by Crippen LogP contribution is 2.20.